The lowest BCUT2D eigenvalue weighted by Crippen LogP contribution is -2.03. The molecular weight excluding hydrogens is 268 g/mol. The molecule has 0 aliphatic rings. The highest BCUT2D eigenvalue weighted by molar-refractivity contribution is 5.76. The summed E-state index contributed by atoms with van der Waals surface area (Å²) in [6.07, 6.45) is 15.5. The lowest BCUT2D eigenvalue weighted by atomic mass is 10.1. The lowest BCUT2D eigenvalue weighted by Gasteiger charge is -2.00. The lowest BCUT2D eigenvalue weighted by molar-refractivity contribution is -0.144. The van der Waals surface area contributed by atoms with Gasteiger partial charge < -0.3 is 9.84 Å². The molecule has 4 heteroatoms. The molecular formula is C17H30O4. The Bertz CT molecular complexity index is 297. The smallest absolute Gasteiger partial charge is 0.311 e. The summed E-state index contributed by atoms with van der Waals surface area (Å²) < 4.78 is 4.79. The van der Waals surface area contributed by atoms with Crippen LogP contribution in [0, 0.1) is 0 Å². The van der Waals surface area contributed by atoms with E-state index in [-0.39, 0.29) is 12.8 Å². The minimum absolute atomic E-state index is 0.0717. The Kier molecular flexibility index (Phi) is 14.1. The summed E-state index contributed by atoms with van der Waals surface area (Å²) in [6, 6.07) is 0. The Morgan fingerprint density at radius 1 is 0.905 bits per heavy atom. The van der Waals surface area contributed by atoms with Crippen molar-refractivity contribution in [3.8, 4) is 0 Å². The molecule has 122 valence electrons. The minimum atomic E-state index is -0.981. The number of carbonyl (C=O) groups excluding carboxylic acids is 1. The Morgan fingerprint density at radius 3 is 2.05 bits per heavy atom. The Hall–Kier alpha value is -1.32. The van der Waals surface area contributed by atoms with E-state index < -0.39 is 11.9 Å². The van der Waals surface area contributed by atoms with Crippen molar-refractivity contribution in [3.63, 3.8) is 0 Å². The van der Waals surface area contributed by atoms with Crippen LogP contribution in [0.5, 0.6) is 0 Å². The third-order valence-corrected chi connectivity index (χ3v) is 3.31. The monoisotopic (exact) mass is 298 g/mol. The van der Waals surface area contributed by atoms with E-state index in [4.69, 9.17) is 9.84 Å². The van der Waals surface area contributed by atoms with E-state index in [1.54, 1.807) is 0 Å². The second kappa shape index (κ2) is 15.1. The van der Waals surface area contributed by atoms with Gasteiger partial charge in [-0.2, -0.15) is 0 Å². The van der Waals surface area contributed by atoms with Gasteiger partial charge in [-0.3, -0.25) is 9.59 Å². The molecule has 0 heterocycles. The third kappa shape index (κ3) is 16.6. The topological polar surface area (TPSA) is 63.6 Å². The summed E-state index contributed by atoms with van der Waals surface area (Å²) in [7, 11) is 0. The largest absolute Gasteiger partial charge is 0.481 e. The van der Waals surface area contributed by atoms with Gasteiger partial charge in [0.2, 0.25) is 0 Å². The zero-order chi connectivity index (χ0) is 15.8. The van der Waals surface area contributed by atoms with Crippen molar-refractivity contribution in [3.05, 3.63) is 12.3 Å². The predicted octanol–water partition coefficient (Wildman–Crippen LogP) is 4.83. The summed E-state index contributed by atoms with van der Waals surface area (Å²) in [5.74, 6) is -1.47. The average molecular weight is 298 g/mol. The molecule has 0 saturated carbocycles. The highest BCUT2D eigenvalue weighted by Crippen LogP contribution is 2.10. The molecule has 0 aromatic carbocycles. The van der Waals surface area contributed by atoms with E-state index in [1.807, 2.05) is 6.08 Å². The van der Waals surface area contributed by atoms with Crippen molar-refractivity contribution in [1.29, 1.82) is 0 Å². The zero-order valence-corrected chi connectivity index (χ0v) is 13.3. The van der Waals surface area contributed by atoms with Crippen molar-refractivity contribution in [2.45, 2.75) is 84.0 Å². The van der Waals surface area contributed by atoms with E-state index in [1.165, 1.54) is 57.6 Å². The van der Waals surface area contributed by atoms with E-state index >= 15 is 0 Å². The van der Waals surface area contributed by atoms with Gasteiger partial charge in [-0.25, -0.2) is 0 Å². The summed E-state index contributed by atoms with van der Waals surface area (Å²) in [6.45, 7) is 2.23. The summed E-state index contributed by atoms with van der Waals surface area (Å²) in [5.41, 5.74) is 0. The van der Waals surface area contributed by atoms with Gasteiger partial charge in [0.15, 0.2) is 0 Å². The number of rotatable bonds is 14. The molecule has 0 aliphatic heterocycles. The number of allylic oxidation sites excluding steroid dienone is 1. The first kappa shape index (κ1) is 19.7. The molecule has 0 aromatic heterocycles. The fourth-order valence-corrected chi connectivity index (χ4v) is 2.03. The van der Waals surface area contributed by atoms with Crippen LogP contribution in [-0.2, 0) is 14.3 Å². The molecule has 21 heavy (non-hydrogen) atoms. The number of carboxylic acid groups (broad SMARTS) is 1. The highest BCUT2D eigenvalue weighted by atomic mass is 16.5. The first-order valence-corrected chi connectivity index (χ1v) is 8.23. The number of ether oxygens (including phenoxy) is 1. The molecule has 0 fully saturated rings. The zero-order valence-electron chi connectivity index (χ0n) is 13.3. The van der Waals surface area contributed by atoms with E-state index in [0.29, 0.717) is 0 Å². The average Bonchev–Trinajstić information content (AvgIpc) is 2.46. The normalized spacial score (nSPS) is 10.9. The molecule has 1 N–H and O–H groups in total. The van der Waals surface area contributed by atoms with Gasteiger partial charge >= 0.3 is 11.9 Å². The number of hydrogen-bond donors (Lipinski definition) is 1. The summed E-state index contributed by atoms with van der Waals surface area (Å²) >= 11 is 0. The van der Waals surface area contributed by atoms with Gasteiger partial charge in [0.05, 0.1) is 19.1 Å². The maximum absolute atomic E-state index is 11.1. The van der Waals surface area contributed by atoms with E-state index in [2.05, 4.69) is 6.92 Å². The molecule has 0 saturated heterocycles. The fourth-order valence-electron chi connectivity index (χ4n) is 2.03. The minimum Gasteiger partial charge on any atom is -0.481 e. The van der Waals surface area contributed by atoms with Crippen LogP contribution < -0.4 is 0 Å². The first-order valence-electron chi connectivity index (χ1n) is 8.23. The van der Waals surface area contributed by atoms with Crippen LogP contribution in [0.15, 0.2) is 12.3 Å². The van der Waals surface area contributed by atoms with E-state index in [0.717, 1.165) is 12.8 Å². The van der Waals surface area contributed by atoms with Crippen LogP contribution in [0.4, 0.5) is 0 Å². The molecule has 0 atom stereocenters. The van der Waals surface area contributed by atoms with Crippen LogP contribution in [0.1, 0.15) is 84.0 Å². The second-order valence-corrected chi connectivity index (χ2v) is 5.37. The number of carbonyl (C=O) groups is 2. The number of carboxylic acids is 1. The van der Waals surface area contributed by atoms with Crippen LogP contribution in [0.3, 0.4) is 0 Å². The van der Waals surface area contributed by atoms with Gasteiger partial charge in [-0.15, -0.1) is 0 Å². The highest BCUT2D eigenvalue weighted by Gasteiger charge is 2.04. The van der Waals surface area contributed by atoms with Crippen molar-refractivity contribution in [1.82, 2.24) is 0 Å². The molecule has 0 aromatic rings. The van der Waals surface area contributed by atoms with Crippen molar-refractivity contribution in [2.75, 3.05) is 0 Å². The third-order valence-electron chi connectivity index (χ3n) is 3.31. The molecule has 0 radical (unpaired) electrons. The SMILES string of the molecule is CCCCCCCCCCCC=COC(=O)CCC(=O)O. The van der Waals surface area contributed by atoms with Gasteiger partial charge in [0.25, 0.3) is 0 Å². The number of aliphatic carboxylic acids is 1. The molecule has 0 bridgehead atoms. The maximum atomic E-state index is 11.1. The molecule has 0 unspecified atom stereocenters. The van der Waals surface area contributed by atoms with Crippen LogP contribution in [-0.4, -0.2) is 17.0 Å². The van der Waals surface area contributed by atoms with Gasteiger partial charge in [0, 0.05) is 0 Å². The fraction of sp³-hybridized carbons (Fsp3) is 0.765. The second-order valence-electron chi connectivity index (χ2n) is 5.37. The summed E-state index contributed by atoms with van der Waals surface area (Å²) in [5, 5.41) is 8.41. The summed E-state index contributed by atoms with van der Waals surface area (Å²) in [4.78, 5) is 21.3. The van der Waals surface area contributed by atoms with Crippen molar-refractivity contribution >= 4 is 11.9 Å². The van der Waals surface area contributed by atoms with Crippen LogP contribution in [0.25, 0.3) is 0 Å². The number of hydrogen-bond acceptors (Lipinski definition) is 3. The van der Waals surface area contributed by atoms with E-state index in [9.17, 15) is 9.59 Å². The number of esters is 1. The quantitative estimate of drug-likeness (QED) is 0.283. The number of unbranched alkanes of at least 4 members (excludes halogenated alkanes) is 9. The first-order chi connectivity index (χ1) is 10.2. The predicted molar refractivity (Wildman–Crippen MR) is 83.9 cm³/mol. The standard InChI is InChI=1S/C17H30O4/c1-2-3-4-5-6-7-8-9-10-11-12-15-21-17(20)14-13-16(18)19/h12,15H,2-11,13-14H2,1H3,(H,18,19). The van der Waals surface area contributed by atoms with Crippen molar-refractivity contribution in [2.24, 2.45) is 0 Å². The molecule has 0 amide bonds. The van der Waals surface area contributed by atoms with Gasteiger partial charge in [0.1, 0.15) is 0 Å². The molecule has 0 spiro atoms. The molecule has 0 rings (SSSR count). The maximum Gasteiger partial charge on any atom is 0.311 e. The van der Waals surface area contributed by atoms with Gasteiger partial charge in [-0.1, -0.05) is 58.3 Å². The molecule has 4 nitrogen and oxygen atoms in total. The van der Waals surface area contributed by atoms with Crippen LogP contribution in [0.2, 0.25) is 0 Å². The Balaban J connectivity index is 3.25. The Labute approximate surface area is 128 Å². The van der Waals surface area contributed by atoms with Crippen LogP contribution >= 0.6 is 0 Å². The van der Waals surface area contributed by atoms with Crippen molar-refractivity contribution < 1.29 is 19.4 Å². The Morgan fingerprint density at radius 2 is 1.48 bits per heavy atom. The van der Waals surface area contributed by atoms with Gasteiger partial charge in [-0.05, 0) is 18.9 Å². The molecule has 0 aliphatic carbocycles.